The lowest BCUT2D eigenvalue weighted by atomic mass is 9.98. The predicted octanol–water partition coefficient (Wildman–Crippen LogP) is 5.40. The van der Waals surface area contributed by atoms with Crippen LogP contribution in [0.1, 0.15) is 34.1 Å². The molecular weight excluding hydrogens is 457 g/mol. The van der Waals surface area contributed by atoms with Crippen molar-refractivity contribution in [3.8, 4) is 11.5 Å². The van der Waals surface area contributed by atoms with E-state index in [1.54, 1.807) is 13.0 Å². The molecule has 2 heterocycles. The highest BCUT2D eigenvalue weighted by Gasteiger charge is 2.20. The van der Waals surface area contributed by atoms with E-state index in [0.717, 1.165) is 17.5 Å². The molecule has 0 amide bonds. The molecule has 0 saturated heterocycles. The van der Waals surface area contributed by atoms with Gasteiger partial charge in [0.25, 0.3) is 0 Å². The number of nitrogens with two attached hydrogens (primary N) is 1. The van der Waals surface area contributed by atoms with Gasteiger partial charge in [-0.1, -0.05) is 30.7 Å². The highest BCUT2D eigenvalue weighted by atomic mass is 35.5. The lowest BCUT2D eigenvalue weighted by Crippen LogP contribution is -2.23. The number of benzene rings is 2. The van der Waals surface area contributed by atoms with E-state index < -0.39 is 5.82 Å². The van der Waals surface area contributed by atoms with Crippen LogP contribution in [0.3, 0.4) is 0 Å². The first-order valence-electron chi connectivity index (χ1n) is 10.7. The van der Waals surface area contributed by atoms with Gasteiger partial charge in [0.05, 0.1) is 11.1 Å². The molecule has 4 aromatic rings. The Morgan fingerprint density at radius 1 is 1.15 bits per heavy atom. The molecule has 2 aromatic heterocycles. The van der Waals surface area contributed by atoms with Gasteiger partial charge in [-0.2, -0.15) is 0 Å². The Kier molecular flexibility index (Phi) is 6.39. The summed E-state index contributed by atoms with van der Waals surface area (Å²) < 4.78 is 22.1. The fourth-order valence-electron chi connectivity index (χ4n) is 3.90. The van der Waals surface area contributed by atoms with Crippen LogP contribution >= 0.6 is 11.6 Å². The van der Waals surface area contributed by atoms with Gasteiger partial charge in [-0.3, -0.25) is 9.59 Å². The molecule has 0 aliphatic heterocycles. The molecule has 0 radical (unpaired) electrons. The normalized spacial score (nSPS) is 11.1. The number of aromatic nitrogens is 2. The molecular formula is C26H23ClFN3O3. The summed E-state index contributed by atoms with van der Waals surface area (Å²) in [6, 6.07) is 11.4. The maximum Gasteiger partial charge on any atom is 0.200 e. The number of carbonyl (C=O) groups excluding carboxylic acids is 1. The molecule has 8 heteroatoms. The number of aryl methyl sites for hydroxylation is 2. The van der Waals surface area contributed by atoms with E-state index in [0.29, 0.717) is 16.6 Å². The Bertz CT molecular complexity index is 1500. The molecule has 0 atom stereocenters. The van der Waals surface area contributed by atoms with Crippen molar-refractivity contribution in [1.82, 2.24) is 9.55 Å². The van der Waals surface area contributed by atoms with Crippen molar-refractivity contribution < 1.29 is 13.9 Å². The van der Waals surface area contributed by atoms with E-state index in [1.165, 1.54) is 24.4 Å². The minimum Gasteiger partial charge on any atom is -0.453 e. The fourth-order valence-corrected chi connectivity index (χ4v) is 4.05. The molecule has 0 fully saturated rings. The molecule has 34 heavy (non-hydrogen) atoms. The van der Waals surface area contributed by atoms with Crippen LogP contribution in [0.4, 0.5) is 10.2 Å². The van der Waals surface area contributed by atoms with Crippen LogP contribution in [0.2, 0.25) is 5.02 Å². The number of pyridine rings is 2. The number of nitrogen functional groups attached to an aromatic ring is 1. The molecule has 0 unspecified atom stereocenters. The number of anilines is 1. The van der Waals surface area contributed by atoms with Gasteiger partial charge in [0.1, 0.15) is 10.8 Å². The third kappa shape index (κ3) is 4.26. The summed E-state index contributed by atoms with van der Waals surface area (Å²) in [5.74, 6) is -0.889. The second kappa shape index (κ2) is 9.27. The van der Waals surface area contributed by atoms with Crippen molar-refractivity contribution in [3.05, 3.63) is 92.1 Å². The van der Waals surface area contributed by atoms with Gasteiger partial charge >= 0.3 is 0 Å². The number of hydrogen-bond donors (Lipinski definition) is 1. The second-order valence-corrected chi connectivity index (χ2v) is 8.41. The van der Waals surface area contributed by atoms with Crippen molar-refractivity contribution in [2.45, 2.75) is 26.7 Å². The Hall–Kier alpha value is -3.71. The smallest absolute Gasteiger partial charge is 0.200 e. The number of hydrogen-bond acceptors (Lipinski definition) is 5. The summed E-state index contributed by atoms with van der Waals surface area (Å²) in [7, 11) is 1.82. The number of ether oxygens (including phenoxy) is 1. The molecule has 0 saturated carbocycles. The summed E-state index contributed by atoms with van der Waals surface area (Å²) in [5, 5.41) is 0.578. The van der Waals surface area contributed by atoms with E-state index in [1.807, 2.05) is 36.7 Å². The number of Topliss-reactive ketones (excluding diaryl/α,β-unsaturated/α-hetero) is 1. The Balaban J connectivity index is 1.65. The average molecular weight is 480 g/mol. The van der Waals surface area contributed by atoms with Crippen molar-refractivity contribution in [2.24, 2.45) is 7.05 Å². The Labute approximate surface area is 200 Å². The topological polar surface area (TPSA) is 87.2 Å². The third-order valence-electron chi connectivity index (χ3n) is 5.91. The van der Waals surface area contributed by atoms with E-state index in [9.17, 15) is 14.0 Å². The average Bonchev–Trinajstić information content (AvgIpc) is 2.82. The molecule has 0 aliphatic rings. The first kappa shape index (κ1) is 23.4. The zero-order chi connectivity index (χ0) is 24.6. The molecule has 2 aromatic carbocycles. The Morgan fingerprint density at radius 2 is 1.88 bits per heavy atom. The van der Waals surface area contributed by atoms with Crippen LogP contribution in [0.25, 0.3) is 10.9 Å². The summed E-state index contributed by atoms with van der Waals surface area (Å²) in [6.45, 7) is 3.74. The van der Waals surface area contributed by atoms with Crippen LogP contribution in [-0.2, 0) is 19.9 Å². The van der Waals surface area contributed by atoms with Crippen LogP contribution in [-0.4, -0.2) is 15.3 Å². The summed E-state index contributed by atoms with van der Waals surface area (Å²) in [4.78, 5) is 30.2. The van der Waals surface area contributed by atoms with Crippen LogP contribution < -0.4 is 15.9 Å². The molecule has 174 valence electrons. The van der Waals surface area contributed by atoms with Crippen LogP contribution in [0.15, 0.2) is 53.5 Å². The largest absolute Gasteiger partial charge is 0.453 e. The molecule has 0 aliphatic carbocycles. The molecule has 0 spiro atoms. The highest BCUT2D eigenvalue weighted by Crippen LogP contribution is 2.33. The second-order valence-electron chi connectivity index (χ2n) is 8.03. The Morgan fingerprint density at radius 3 is 2.59 bits per heavy atom. The first-order valence-corrected chi connectivity index (χ1v) is 11.1. The minimum atomic E-state index is -0.674. The first-order chi connectivity index (χ1) is 16.2. The van der Waals surface area contributed by atoms with Crippen LogP contribution in [0, 0.1) is 12.7 Å². The summed E-state index contributed by atoms with van der Waals surface area (Å²) in [5.41, 5.74) is 8.22. The standard InChI is InChI=1S/C26H23ClFN3O3/c1-4-15-5-7-19-17(11-15)25(33)23(14(2)31(19)3)20(32)13-16-6-8-21(18(28)12-16)34-22-9-10-30-26(29)24(22)27/h5-12H,4,13H2,1-3H3,(H2,29,30). The quantitative estimate of drug-likeness (QED) is 0.374. The number of carbonyl (C=O) groups is 1. The van der Waals surface area contributed by atoms with E-state index in [2.05, 4.69) is 4.98 Å². The number of halogens is 2. The fraction of sp³-hybridized carbons (Fsp3) is 0.192. The van der Waals surface area contributed by atoms with Gasteiger partial charge in [0.2, 0.25) is 0 Å². The van der Waals surface area contributed by atoms with Gasteiger partial charge in [0, 0.05) is 36.8 Å². The number of ketones is 1. The van der Waals surface area contributed by atoms with Crippen molar-refractivity contribution >= 4 is 34.1 Å². The van der Waals surface area contributed by atoms with Gasteiger partial charge in [0.15, 0.2) is 28.5 Å². The minimum absolute atomic E-state index is 0.0696. The van der Waals surface area contributed by atoms with Gasteiger partial charge in [-0.05, 0) is 48.7 Å². The predicted molar refractivity (Wildman–Crippen MR) is 131 cm³/mol. The lowest BCUT2D eigenvalue weighted by Gasteiger charge is -2.15. The number of rotatable bonds is 6. The van der Waals surface area contributed by atoms with E-state index >= 15 is 0 Å². The molecule has 2 N–H and O–H groups in total. The van der Waals surface area contributed by atoms with Gasteiger partial charge in [-0.15, -0.1) is 0 Å². The molecule has 6 nitrogen and oxygen atoms in total. The number of nitrogens with zero attached hydrogens (tertiary/aromatic N) is 2. The van der Waals surface area contributed by atoms with Crippen molar-refractivity contribution in [1.29, 1.82) is 0 Å². The maximum absolute atomic E-state index is 14.7. The number of fused-ring (bicyclic) bond motifs is 1. The van der Waals surface area contributed by atoms with Gasteiger partial charge in [-0.25, -0.2) is 9.37 Å². The molecule has 0 bridgehead atoms. The zero-order valence-corrected chi connectivity index (χ0v) is 19.7. The zero-order valence-electron chi connectivity index (χ0n) is 19.0. The van der Waals surface area contributed by atoms with Crippen molar-refractivity contribution in [3.63, 3.8) is 0 Å². The monoisotopic (exact) mass is 479 g/mol. The molecule has 4 rings (SSSR count). The van der Waals surface area contributed by atoms with Gasteiger partial charge < -0.3 is 15.0 Å². The van der Waals surface area contributed by atoms with E-state index in [-0.39, 0.29) is 45.5 Å². The summed E-state index contributed by atoms with van der Waals surface area (Å²) in [6.07, 6.45) is 2.05. The summed E-state index contributed by atoms with van der Waals surface area (Å²) >= 11 is 6.06. The highest BCUT2D eigenvalue weighted by molar-refractivity contribution is 6.34. The third-order valence-corrected chi connectivity index (χ3v) is 6.29. The maximum atomic E-state index is 14.7. The lowest BCUT2D eigenvalue weighted by molar-refractivity contribution is 0.0990. The SMILES string of the molecule is CCc1ccc2c(c1)c(=O)c(C(=O)Cc1ccc(Oc3ccnc(N)c3Cl)c(F)c1)c(C)n2C. The van der Waals surface area contributed by atoms with Crippen molar-refractivity contribution in [2.75, 3.05) is 5.73 Å². The van der Waals surface area contributed by atoms with E-state index in [4.69, 9.17) is 22.1 Å². The van der Waals surface area contributed by atoms with Crippen LogP contribution in [0.5, 0.6) is 11.5 Å².